The van der Waals surface area contributed by atoms with Gasteiger partial charge in [-0.05, 0) is 25.0 Å². The van der Waals surface area contributed by atoms with Gasteiger partial charge in [-0.15, -0.1) is 0 Å². The zero-order chi connectivity index (χ0) is 17.1. The van der Waals surface area contributed by atoms with Gasteiger partial charge in [0.05, 0.1) is 11.8 Å². The predicted octanol–water partition coefficient (Wildman–Crippen LogP) is 3.17. The average molecular weight is 332 g/mol. The number of hydrogen-bond acceptors (Lipinski definition) is 5. The quantitative estimate of drug-likeness (QED) is 0.798. The minimum Gasteiger partial charge on any atom is -0.393 e. The Balaban J connectivity index is 1.78. The van der Waals surface area contributed by atoms with Crippen molar-refractivity contribution < 1.29 is 5.11 Å². The molecular formula is C20H20N4O. The Bertz CT molecular complexity index is 773. The van der Waals surface area contributed by atoms with Crippen LogP contribution < -0.4 is 4.90 Å². The lowest BCUT2D eigenvalue weighted by molar-refractivity contribution is 0.145. The fourth-order valence-corrected chi connectivity index (χ4v) is 3.07. The Labute approximate surface area is 147 Å². The summed E-state index contributed by atoms with van der Waals surface area (Å²) in [5.74, 6) is 1.61. The van der Waals surface area contributed by atoms with Gasteiger partial charge in [-0.3, -0.25) is 4.98 Å². The molecule has 3 aromatic rings. The Hall–Kier alpha value is -2.79. The summed E-state index contributed by atoms with van der Waals surface area (Å²) in [4.78, 5) is 16.0. The maximum atomic E-state index is 9.77. The molecule has 0 amide bonds. The lowest BCUT2D eigenvalue weighted by atomic mass is 10.1. The van der Waals surface area contributed by atoms with Crippen molar-refractivity contribution >= 4 is 5.82 Å². The zero-order valence-corrected chi connectivity index (χ0v) is 13.9. The number of piperidine rings is 1. The number of rotatable bonds is 3. The van der Waals surface area contributed by atoms with Gasteiger partial charge < -0.3 is 10.0 Å². The summed E-state index contributed by atoms with van der Waals surface area (Å²) in [6, 6.07) is 15.9. The van der Waals surface area contributed by atoms with Crippen LogP contribution in [0.4, 0.5) is 5.82 Å². The molecule has 126 valence electrons. The van der Waals surface area contributed by atoms with Crippen molar-refractivity contribution in [3.05, 3.63) is 60.9 Å². The summed E-state index contributed by atoms with van der Waals surface area (Å²) in [6.07, 6.45) is 4.92. The molecule has 2 aromatic heterocycles. The number of anilines is 1. The van der Waals surface area contributed by atoms with Crippen LogP contribution >= 0.6 is 0 Å². The predicted molar refractivity (Wildman–Crippen MR) is 98.2 cm³/mol. The molecule has 3 heterocycles. The van der Waals surface area contributed by atoms with Gasteiger partial charge >= 0.3 is 0 Å². The van der Waals surface area contributed by atoms with Crippen LogP contribution in [0.25, 0.3) is 22.6 Å². The lowest BCUT2D eigenvalue weighted by Gasteiger charge is -2.30. The van der Waals surface area contributed by atoms with Crippen LogP contribution in [0.1, 0.15) is 12.8 Å². The minimum absolute atomic E-state index is 0.204. The maximum absolute atomic E-state index is 9.77. The molecule has 0 aliphatic carbocycles. The number of benzene rings is 1. The first-order valence-electron chi connectivity index (χ1n) is 8.57. The highest BCUT2D eigenvalue weighted by atomic mass is 16.3. The number of aliphatic hydroxyl groups excluding tert-OH is 1. The highest BCUT2D eigenvalue weighted by Gasteiger charge is 2.20. The normalized spacial score (nSPS) is 15.3. The molecule has 4 rings (SSSR count). The fourth-order valence-electron chi connectivity index (χ4n) is 3.07. The van der Waals surface area contributed by atoms with Gasteiger partial charge in [0.15, 0.2) is 5.82 Å². The first-order valence-corrected chi connectivity index (χ1v) is 8.57. The van der Waals surface area contributed by atoms with Crippen molar-refractivity contribution in [3.8, 4) is 22.6 Å². The van der Waals surface area contributed by atoms with Crippen LogP contribution in [0.3, 0.4) is 0 Å². The molecule has 0 unspecified atom stereocenters. The van der Waals surface area contributed by atoms with Crippen LogP contribution in [0.15, 0.2) is 60.9 Å². The molecule has 1 aliphatic heterocycles. The molecule has 1 fully saturated rings. The fraction of sp³-hybridized carbons (Fsp3) is 0.250. The standard InChI is InChI=1S/C20H20N4O/c25-17-8-11-24(12-9-17)19-13-18(16-7-4-10-21-14-16)22-20(23-19)15-5-2-1-3-6-15/h1-7,10,13-14,17,25H,8-9,11-12H2. The van der Waals surface area contributed by atoms with E-state index in [4.69, 9.17) is 9.97 Å². The van der Waals surface area contributed by atoms with Crippen molar-refractivity contribution in [2.45, 2.75) is 18.9 Å². The van der Waals surface area contributed by atoms with Gasteiger partial charge in [0.1, 0.15) is 5.82 Å². The Morgan fingerprint density at radius 2 is 1.68 bits per heavy atom. The molecule has 1 N–H and O–H groups in total. The maximum Gasteiger partial charge on any atom is 0.162 e. The van der Waals surface area contributed by atoms with Crippen molar-refractivity contribution in [1.29, 1.82) is 0 Å². The van der Waals surface area contributed by atoms with Crippen LogP contribution in [0.2, 0.25) is 0 Å². The van der Waals surface area contributed by atoms with E-state index in [-0.39, 0.29) is 6.10 Å². The van der Waals surface area contributed by atoms with E-state index in [9.17, 15) is 5.11 Å². The Kier molecular flexibility index (Phi) is 4.39. The molecular weight excluding hydrogens is 312 g/mol. The molecule has 0 radical (unpaired) electrons. The summed E-state index contributed by atoms with van der Waals surface area (Å²) in [5.41, 5.74) is 2.83. The first kappa shape index (κ1) is 15.7. The number of nitrogens with zero attached hydrogens (tertiary/aromatic N) is 4. The summed E-state index contributed by atoms with van der Waals surface area (Å²) in [5, 5.41) is 9.77. The third kappa shape index (κ3) is 3.51. The van der Waals surface area contributed by atoms with E-state index in [1.54, 1.807) is 6.20 Å². The SMILES string of the molecule is OC1CCN(c2cc(-c3cccnc3)nc(-c3ccccc3)n2)CC1. The molecule has 0 saturated carbocycles. The van der Waals surface area contributed by atoms with Crippen molar-refractivity contribution in [2.75, 3.05) is 18.0 Å². The van der Waals surface area contributed by atoms with E-state index in [1.165, 1.54) is 0 Å². The third-order valence-electron chi connectivity index (χ3n) is 4.49. The molecule has 0 spiro atoms. The van der Waals surface area contributed by atoms with Crippen LogP contribution in [-0.2, 0) is 0 Å². The third-order valence-corrected chi connectivity index (χ3v) is 4.49. The van der Waals surface area contributed by atoms with Crippen molar-refractivity contribution in [1.82, 2.24) is 15.0 Å². The second-order valence-corrected chi connectivity index (χ2v) is 6.26. The molecule has 1 aromatic carbocycles. The summed E-state index contributed by atoms with van der Waals surface area (Å²) < 4.78 is 0. The highest BCUT2D eigenvalue weighted by molar-refractivity contribution is 5.67. The van der Waals surface area contributed by atoms with E-state index in [0.717, 1.165) is 48.6 Å². The van der Waals surface area contributed by atoms with E-state index in [2.05, 4.69) is 9.88 Å². The monoisotopic (exact) mass is 332 g/mol. The average Bonchev–Trinajstić information content (AvgIpc) is 2.69. The number of hydrogen-bond donors (Lipinski definition) is 1. The summed E-state index contributed by atoms with van der Waals surface area (Å²) >= 11 is 0. The van der Waals surface area contributed by atoms with Crippen LogP contribution in [-0.4, -0.2) is 39.3 Å². The topological polar surface area (TPSA) is 62.1 Å². The van der Waals surface area contributed by atoms with Crippen LogP contribution in [0, 0.1) is 0 Å². The Morgan fingerprint density at radius 1 is 0.920 bits per heavy atom. The minimum atomic E-state index is -0.204. The highest BCUT2D eigenvalue weighted by Crippen LogP contribution is 2.27. The summed E-state index contributed by atoms with van der Waals surface area (Å²) in [7, 11) is 0. The first-order chi connectivity index (χ1) is 12.3. The van der Waals surface area contributed by atoms with Crippen molar-refractivity contribution in [2.24, 2.45) is 0 Å². The van der Waals surface area contributed by atoms with E-state index in [0.29, 0.717) is 5.82 Å². The molecule has 1 aliphatic rings. The van der Waals surface area contributed by atoms with Gasteiger partial charge in [0, 0.05) is 42.7 Å². The number of aromatic nitrogens is 3. The van der Waals surface area contributed by atoms with Crippen LogP contribution in [0.5, 0.6) is 0 Å². The number of aliphatic hydroxyl groups is 1. The zero-order valence-electron chi connectivity index (χ0n) is 13.9. The van der Waals surface area contributed by atoms with Gasteiger partial charge in [0.25, 0.3) is 0 Å². The van der Waals surface area contributed by atoms with Gasteiger partial charge in [-0.1, -0.05) is 30.3 Å². The summed E-state index contributed by atoms with van der Waals surface area (Å²) in [6.45, 7) is 1.61. The molecule has 1 saturated heterocycles. The molecule has 25 heavy (non-hydrogen) atoms. The Morgan fingerprint density at radius 3 is 2.40 bits per heavy atom. The molecule has 5 heteroatoms. The smallest absolute Gasteiger partial charge is 0.162 e. The van der Waals surface area contributed by atoms with Gasteiger partial charge in [-0.2, -0.15) is 0 Å². The molecule has 0 bridgehead atoms. The number of pyridine rings is 1. The van der Waals surface area contributed by atoms with E-state index in [1.807, 2.05) is 54.7 Å². The van der Waals surface area contributed by atoms with Crippen molar-refractivity contribution in [3.63, 3.8) is 0 Å². The molecule has 5 nitrogen and oxygen atoms in total. The second-order valence-electron chi connectivity index (χ2n) is 6.26. The molecule has 0 atom stereocenters. The second kappa shape index (κ2) is 6.99. The van der Waals surface area contributed by atoms with E-state index >= 15 is 0 Å². The lowest BCUT2D eigenvalue weighted by Crippen LogP contribution is -2.36. The largest absolute Gasteiger partial charge is 0.393 e. The van der Waals surface area contributed by atoms with Gasteiger partial charge in [0.2, 0.25) is 0 Å². The van der Waals surface area contributed by atoms with E-state index < -0.39 is 0 Å². The van der Waals surface area contributed by atoms with Gasteiger partial charge in [-0.25, -0.2) is 9.97 Å².